The maximum Gasteiger partial charge on any atom is 0.246 e. The molecule has 1 aromatic carbocycles. The molecular weight excluding hydrogens is 268 g/mol. The highest BCUT2D eigenvalue weighted by Gasteiger charge is 2.38. The molecule has 6 N–H and O–H groups in total. The number of aliphatic hydroxyl groups is 4. The first kappa shape index (κ1) is 13.9. The normalized spacial score (nSPS) is 21.0. The zero-order valence-electron chi connectivity index (χ0n) is 10.1. The van der Waals surface area contributed by atoms with Crippen molar-refractivity contribution in [2.24, 2.45) is 5.92 Å². The quantitative estimate of drug-likeness (QED) is 0.263. The molecule has 1 aliphatic carbocycles. The Morgan fingerprint density at radius 2 is 1.55 bits per heavy atom. The van der Waals surface area contributed by atoms with Crippen LogP contribution in [-0.4, -0.2) is 42.2 Å². The van der Waals surface area contributed by atoms with Crippen molar-refractivity contribution in [3.8, 4) is 11.5 Å². The topological polar surface area (TPSA) is 138 Å². The minimum absolute atomic E-state index is 0.111. The van der Waals surface area contributed by atoms with E-state index in [9.17, 15) is 35.4 Å². The van der Waals surface area contributed by atoms with Crippen LogP contribution in [0.5, 0.6) is 11.5 Å². The van der Waals surface area contributed by atoms with Gasteiger partial charge in [0.2, 0.25) is 5.79 Å². The Balaban J connectivity index is 2.40. The molecule has 0 heterocycles. The van der Waals surface area contributed by atoms with Crippen molar-refractivity contribution >= 4 is 5.78 Å². The molecule has 0 saturated heterocycles. The molecule has 0 fully saturated rings. The SMILES string of the molecule is O=C(c1cc(O)cc(O)c1)C1C=CC(O)(O)C(O)=C1O. The average Bonchev–Trinajstić information content (AvgIpc) is 2.34. The van der Waals surface area contributed by atoms with Crippen molar-refractivity contribution in [3.63, 3.8) is 0 Å². The number of carbonyl (C=O) groups is 1. The number of phenolic OH excluding ortho intramolecular Hbond substituents is 2. The highest BCUT2D eigenvalue weighted by Crippen LogP contribution is 2.31. The third-order valence-corrected chi connectivity index (χ3v) is 2.88. The minimum atomic E-state index is -2.73. The van der Waals surface area contributed by atoms with Crippen LogP contribution < -0.4 is 0 Å². The van der Waals surface area contributed by atoms with Crippen LogP contribution in [0.2, 0.25) is 0 Å². The molecule has 1 atom stereocenters. The van der Waals surface area contributed by atoms with Crippen LogP contribution in [0.1, 0.15) is 10.4 Å². The number of carbonyl (C=O) groups excluding carboxylic acids is 1. The number of rotatable bonds is 2. The summed E-state index contributed by atoms with van der Waals surface area (Å²) in [6.07, 6.45) is 1.74. The van der Waals surface area contributed by atoms with E-state index in [1.54, 1.807) is 0 Å². The molecule has 0 amide bonds. The first-order valence-corrected chi connectivity index (χ1v) is 5.56. The molecule has 0 radical (unpaired) electrons. The molecule has 7 nitrogen and oxygen atoms in total. The number of hydrogen-bond acceptors (Lipinski definition) is 7. The van der Waals surface area contributed by atoms with Gasteiger partial charge in [0.15, 0.2) is 17.3 Å². The van der Waals surface area contributed by atoms with E-state index in [0.717, 1.165) is 30.4 Å². The van der Waals surface area contributed by atoms with Crippen molar-refractivity contribution in [2.75, 3.05) is 0 Å². The van der Waals surface area contributed by atoms with Gasteiger partial charge in [-0.05, 0) is 18.2 Å². The number of Topliss-reactive ketones (excluding diaryl/α,β-unsaturated/α-hetero) is 1. The third kappa shape index (κ3) is 2.31. The summed E-state index contributed by atoms with van der Waals surface area (Å²) in [4.78, 5) is 12.1. The summed E-state index contributed by atoms with van der Waals surface area (Å²) in [6.45, 7) is 0. The molecule has 1 aliphatic rings. The van der Waals surface area contributed by atoms with Gasteiger partial charge in [-0.2, -0.15) is 0 Å². The molecule has 7 heteroatoms. The average molecular weight is 280 g/mol. The molecule has 0 saturated carbocycles. The van der Waals surface area contributed by atoms with E-state index in [2.05, 4.69) is 0 Å². The van der Waals surface area contributed by atoms with Gasteiger partial charge >= 0.3 is 0 Å². The fourth-order valence-corrected chi connectivity index (χ4v) is 1.86. The molecular formula is C13H12O7. The second-order valence-electron chi connectivity index (χ2n) is 4.40. The van der Waals surface area contributed by atoms with Gasteiger partial charge in [-0.25, -0.2) is 0 Å². The van der Waals surface area contributed by atoms with Crippen molar-refractivity contribution in [1.82, 2.24) is 0 Å². The third-order valence-electron chi connectivity index (χ3n) is 2.88. The predicted molar refractivity (Wildman–Crippen MR) is 66.2 cm³/mol. The Morgan fingerprint density at radius 1 is 1.00 bits per heavy atom. The van der Waals surface area contributed by atoms with Crippen LogP contribution in [0.15, 0.2) is 41.9 Å². The molecule has 0 aromatic heterocycles. The maximum absolute atomic E-state index is 12.1. The van der Waals surface area contributed by atoms with Crippen LogP contribution in [0, 0.1) is 5.92 Å². The monoisotopic (exact) mass is 280 g/mol. The van der Waals surface area contributed by atoms with Crippen LogP contribution >= 0.6 is 0 Å². The standard InChI is InChI=1S/C13H12O7/c14-7-3-6(4-8(15)5-7)10(16)9-1-2-13(19,20)12(18)11(9)17/h1-5,9,14-15,17-20H. The van der Waals surface area contributed by atoms with Gasteiger partial charge in [0.05, 0.1) is 0 Å². The molecule has 0 aliphatic heterocycles. The van der Waals surface area contributed by atoms with Gasteiger partial charge in [-0.15, -0.1) is 0 Å². The summed E-state index contributed by atoms with van der Waals surface area (Å²) < 4.78 is 0. The lowest BCUT2D eigenvalue weighted by Crippen LogP contribution is -2.35. The summed E-state index contributed by atoms with van der Waals surface area (Å²) in [5.41, 5.74) is -0.111. The van der Waals surface area contributed by atoms with E-state index in [0.29, 0.717) is 0 Å². The first-order chi connectivity index (χ1) is 9.22. The molecule has 1 unspecified atom stereocenters. The second kappa shape index (κ2) is 4.55. The zero-order valence-corrected chi connectivity index (χ0v) is 10.1. The number of ketones is 1. The van der Waals surface area contributed by atoms with Crippen LogP contribution in [-0.2, 0) is 0 Å². The first-order valence-electron chi connectivity index (χ1n) is 5.56. The Bertz CT molecular complexity index is 607. The highest BCUT2D eigenvalue weighted by molar-refractivity contribution is 6.01. The Labute approximate surface area is 113 Å². The van der Waals surface area contributed by atoms with Crippen molar-refractivity contribution < 1.29 is 35.4 Å². The fourth-order valence-electron chi connectivity index (χ4n) is 1.86. The highest BCUT2D eigenvalue weighted by atomic mass is 16.5. The van der Waals surface area contributed by atoms with Crippen LogP contribution in [0.25, 0.3) is 0 Å². The number of phenols is 2. The van der Waals surface area contributed by atoms with Crippen molar-refractivity contribution in [2.45, 2.75) is 5.79 Å². The van der Waals surface area contributed by atoms with Crippen LogP contribution in [0.3, 0.4) is 0 Å². The van der Waals surface area contributed by atoms with E-state index < -0.39 is 29.0 Å². The summed E-state index contributed by atoms with van der Waals surface area (Å²) in [5, 5.41) is 56.2. The molecule has 20 heavy (non-hydrogen) atoms. The summed E-state index contributed by atoms with van der Waals surface area (Å²) >= 11 is 0. The second-order valence-corrected chi connectivity index (χ2v) is 4.40. The number of benzene rings is 1. The Kier molecular flexibility index (Phi) is 3.16. The summed E-state index contributed by atoms with van der Waals surface area (Å²) in [7, 11) is 0. The van der Waals surface area contributed by atoms with E-state index in [1.807, 2.05) is 0 Å². The van der Waals surface area contributed by atoms with Crippen molar-refractivity contribution in [3.05, 3.63) is 47.4 Å². The van der Waals surface area contributed by atoms with E-state index >= 15 is 0 Å². The number of hydrogen-bond donors (Lipinski definition) is 6. The Morgan fingerprint density at radius 3 is 2.10 bits per heavy atom. The van der Waals surface area contributed by atoms with E-state index in [1.165, 1.54) is 0 Å². The summed E-state index contributed by atoms with van der Waals surface area (Å²) in [6, 6.07) is 3.16. The molecule has 106 valence electrons. The molecule has 0 spiro atoms. The van der Waals surface area contributed by atoms with Crippen molar-refractivity contribution in [1.29, 1.82) is 0 Å². The number of allylic oxidation sites excluding steroid dienone is 1. The van der Waals surface area contributed by atoms with Gasteiger partial charge in [0, 0.05) is 11.6 Å². The van der Waals surface area contributed by atoms with Gasteiger partial charge in [-0.3, -0.25) is 4.79 Å². The minimum Gasteiger partial charge on any atom is -0.508 e. The van der Waals surface area contributed by atoms with Gasteiger partial charge in [0.1, 0.15) is 17.4 Å². The smallest absolute Gasteiger partial charge is 0.246 e. The Hall–Kier alpha value is -2.51. The predicted octanol–water partition coefficient (Wildman–Crippen LogP) is 0.475. The molecule has 0 bridgehead atoms. The van der Waals surface area contributed by atoms with Gasteiger partial charge in [0.25, 0.3) is 0 Å². The lowest BCUT2D eigenvalue weighted by atomic mass is 9.89. The summed E-state index contributed by atoms with van der Waals surface area (Å²) in [5.74, 6) is -7.58. The zero-order chi connectivity index (χ0) is 15.1. The number of aliphatic hydroxyl groups excluding tert-OH is 2. The fraction of sp³-hybridized carbons (Fsp3) is 0.154. The largest absolute Gasteiger partial charge is 0.508 e. The molecule has 1 aromatic rings. The van der Waals surface area contributed by atoms with E-state index in [4.69, 9.17) is 0 Å². The van der Waals surface area contributed by atoms with Gasteiger partial charge in [-0.1, -0.05) is 6.08 Å². The molecule has 2 rings (SSSR count). The van der Waals surface area contributed by atoms with Crippen LogP contribution in [0.4, 0.5) is 0 Å². The maximum atomic E-state index is 12.1. The van der Waals surface area contributed by atoms with Gasteiger partial charge < -0.3 is 30.6 Å². The lowest BCUT2D eigenvalue weighted by Gasteiger charge is -2.25. The van der Waals surface area contributed by atoms with E-state index in [-0.39, 0.29) is 17.1 Å². The lowest BCUT2D eigenvalue weighted by molar-refractivity contribution is -0.117. The number of aromatic hydroxyl groups is 2.